The largest absolute Gasteiger partial charge is 0.309 e. The van der Waals surface area contributed by atoms with E-state index in [9.17, 15) is 0 Å². The fourth-order valence-electron chi connectivity index (χ4n) is 12.1. The first-order valence-corrected chi connectivity index (χ1v) is 22.7. The first kappa shape index (κ1) is 36.9. The molecule has 0 N–H and O–H groups in total. The molecule has 1 nitrogen and oxygen atoms in total. The average molecular weight is 816 g/mol. The molecule has 10 aromatic carbocycles. The molecule has 0 spiro atoms. The van der Waals surface area contributed by atoms with Crippen LogP contribution in [0, 0.1) is 0 Å². The van der Waals surface area contributed by atoms with Gasteiger partial charge in [-0.3, -0.25) is 0 Å². The van der Waals surface area contributed by atoms with Crippen LogP contribution in [-0.4, -0.2) is 4.57 Å². The van der Waals surface area contributed by atoms with Gasteiger partial charge in [-0.05, 0) is 102 Å². The van der Waals surface area contributed by atoms with Crippen molar-refractivity contribution in [1.29, 1.82) is 0 Å². The Morgan fingerprint density at radius 2 is 0.938 bits per heavy atom. The minimum absolute atomic E-state index is 0.0731. The van der Waals surface area contributed by atoms with Crippen LogP contribution in [0.15, 0.2) is 243 Å². The molecule has 0 aliphatic heterocycles. The second-order valence-electron chi connectivity index (χ2n) is 18.1. The highest BCUT2D eigenvalue weighted by molar-refractivity contribution is 6.10. The second kappa shape index (κ2) is 14.1. The second-order valence-corrected chi connectivity index (χ2v) is 18.1. The summed E-state index contributed by atoms with van der Waals surface area (Å²) < 4.78 is 2.47. The zero-order valence-electron chi connectivity index (χ0n) is 35.7. The number of nitrogens with zero attached hydrogens (tertiary/aromatic N) is 1. The maximum absolute atomic E-state index is 2.49. The van der Waals surface area contributed by atoms with Crippen LogP contribution in [0.2, 0.25) is 0 Å². The molecule has 1 fully saturated rings. The van der Waals surface area contributed by atoms with E-state index in [1.165, 1.54) is 99.5 Å². The van der Waals surface area contributed by atoms with Crippen LogP contribution in [0.1, 0.15) is 57.7 Å². The molecule has 0 radical (unpaired) electrons. The Kier molecular flexibility index (Phi) is 8.15. The van der Waals surface area contributed by atoms with Gasteiger partial charge in [0.25, 0.3) is 0 Å². The Labute approximate surface area is 374 Å². The SMILES string of the molecule is CC1(c2ccc(-c3ccccc3)cc2)C(c2ccc(-n3c4ccccc4c4cc(C5(c6ccccc6)c6ccccc6-c6ccccc65)ccc43)cc2)C1c1cccc2ccccc12. The number of aromatic nitrogens is 1. The van der Waals surface area contributed by atoms with Gasteiger partial charge in [-0.1, -0.05) is 219 Å². The van der Waals surface area contributed by atoms with Crippen molar-refractivity contribution in [2.45, 2.75) is 29.6 Å². The predicted octanol–water partition coefficient (Wildman–Crippen LogP) is 15.8. The number of benzene rings is 10. The Balaban J connectivity index is 0.941. The molecule has 64 heavy (non-hydrogen) atoms. The van der Waals surface area contributed by atoms with Gasteiger partial charge in [-0.2, -0.15) is 0 Å². The summed E-state index contributed by atoms with van der Waals surface area (Å²) in [6.45, 7) is 2.49. The van der Waals surface area contributed by atoms with E-state index in [1.54, 1.807) is 0 Å². The first-order chi connectivity index (χ1) is 31.6. The van der Waals surface area contributed by atoms with Crippen molar-refractivity contribution in [1.82, 2.24) is 4.57 Å². The van der Waals surface area contributed by atoms with Gasteiger partial charge in [-0.15, -0.1) is 0 Å². The van der Waals surface area contributed by atoms with E-state index in [2.05, 4.69) is 254 Å². The van der Waals surface area contributed by atoms with Crippen LogP contribution in [0.25, 0.3) is 60.5 Å². The summed E-state index contributed by atoms with van der Waals surface area (Å²) in [7, 11) is 0. The molecule has 2 aliphatic rings. The molecule has 0 bridgehead atoms. The third-order valence-electron chi connectivity index (χ3n) is 15.1. The van der Waals surface area contributed by atoms with E-state index in [0.717, 1.165) is 0 Å². The first-order valence-electron chi connectivity index (χ1n) is 22.7. The van der Waals surface area contributed by atoms with Crippen LogP contribution in [0.5, 0.6) is 0 Å². The maximum Gasteiger partial charge on any atom is 0.0713 e. The molecule has 1 aromatic heterocycles. The maximum atomic E-state index is 2.49. The van der Waals surface area contributed by atoms with Crippen molar-refractivity contribution in [3.8, 4) is 27.9 Å². The van der Waals surface area contributed by atoms with E-state index >= 15 is 0 Å². The lowest BCUT2D eigenvalue weighted by molar-refractivity contribution is 0.729. The van der Waals surface area contributed by atoms with Crippen LogP contribution in [0.3, 0.4) is 0 Å². The quantitative estimate of drug-likeness (QED) is 0.151. The fourth-order valence-corrected chi connectivity index (χ4v) is 12.1. The highest BCUT2D eigenvalue weighted by Gasteiger charge is 2.63. The van der Waals surface area contributed by atoms with Crippen molar-refractivity contribution in [2.75, 3.05) is 0 Å². The minimum Gasteiger partial charge on any atom is -0.309 e. The Bertz CT molecular complexity index is 3510. The molecule has 1 heterocycles. The van der Waals surface area contributed by atoms with Gasteiger partial charge in [-0.25, -0.2) is 0 Å². The minimum atomic E-state index is -0.451. The molecular formula is C63H45N. The van der Waals surface area contributed by atoms with Gasteiger partial charge in [0.15, 0.2) is 0 Å². The molecule has 11 aromatic rings. The van der Waals surface area contributed by atoms with Gasteiger partial charge in [0.1, 0.15) is 0 Å². The van der Waals surface area contributed by atoms with Gasteiger partial charge in [0.05, 0.1) is 16.4 Å². The predicted molar refractivity (Wildman–Crippen MR) is 267 cm³/mol. The molecule has 13 rings (SSSR count). The molecular weight excluding hydrogens is 771 g/mol. The van der Waals surface area contributed by atoms with Crippen LogP contribution < -0.4 is 0 Å². The summed E-state index contributed by atoms with van der Waals surface area (Å²) in [4.78, 5) is 0. The zero-order valence-corrected chi connectivity index (χ0v) is 35.7. The number of hydrogen-bond donors (Lipinski definition) is 0. The Morgan fingerprint density at radius 3 is 1.67 bits per heavy atom. The molecule has 1 heteroatoms. The van der Waals surface area contributed by atoms with Gasteiger partial charge >= 0.3 is 0 Å². The summed E-state index contributed by atoms with van der Waals surface area (Å²) in [5.41, 5.74) is 17.6. The average Bonchev–Trinajstić information content (AvgIpc) is 3.70. The summed E-state index contributed by atoms with van der Waals surface area (Å²) in [5, 5.41) is 5.17. The van der Waals surface area contributed by atoms with E-state index < -0.39 is 5.41 Å². The number of para-hydroxylation sites is 1. The van der Waals surface area contributed by atoms with Crippen LogP contribution >= 0.6 is 0 Å². The Hall–Kier alpha value is -7.74. The van der Waals surface area contributed by atoms with Gasteiger partial charge in [0.2, 0.25) is 0 Å². The highest BCUT2D eigenvalue weighted by atomic mass is 15.0. The third-order valence-corrected chi connectivity index (χ3v) is 15.1. The summed E-state index contributed by atoms with van der Waals surface area (Å²) in [6, 6.07) is 90.7. The standard InChI is InChI=1S/C63H45N/c1-62(46-35-31-43(32-36-46)42-17-4-2-5-18-42)60(61(62)54-27-16-20-44-19-8-9-23-50(44)54)45-33-38-49(39-34-45)64-58-30-15-12-26-53(58)55-41-48(37-40-59(55)64)63(47-21-6-3-7-22-47)56-28-13-10-24-51(56)52-25-11-14-29-57(52)63/h2-41,60-61H,1H3. The monoisotopic (exact) mass is 815 g/mol. The van der Waals surface area contributed by atoms with Crippen molar-refractivity contribution in [3.63, 3.8) is 0 Å². The van der Waals surface area contributed by atoms with E-state index in [1.807, 2.05) is 0 Å². The van der Waals surface area contributed by atoms with E-state index in [-0.39, 0.29) is 5.41 Å². The Morgan fingerprint density at radius 1 is 0.375 bits per heavy atom. The lowest BCUT2D eigenvalue weighted by Gasteiger charge is -2.34. The fraction of sp³-hybridized carbons (Fsp3) is 0.0794. The number of fused-ring (bicyclic) bond motifs is 7. The third kappa shape index (κ3) is 5.25. The molecule has 3 unspecified atom stereocenters. The molecule has 0 saturated heterocycles. The lowest BCUT2D eigenvalue weighted by Crippen LogP contribution is -2.28. The number of hydrogen-bond acceptors (Lipinski definition) is 0. The van der Waals surface area contributed by atoms with Crippen molar-refractivity contribution >= 4 is 32.6 Å². The topological polar surface area (TPSA) is 4.93 Å². The summed E-state index contributed by atoms with van der Waals surface area (Å²) in [5.74, 6) is 0.656. The lowest BCUT2D eigenvalue weighted by atomic mass is 9.67. The molecule has 1 saturated carbocycles. The van der Waals surface area contributed by atoms with E-state index in [4.69, 9.17) is 0 Å². The normalized spacial score (nSPS) is 18.3. The van der Waals surface area contributed by atoms with E-state index in [0.29, 0.717) is 11.8 Å². The highest BCUT2D eigenvalue weighted by Crippen LogP contribution is 2.71. The van der Waals surface area contributed by atoms with Crippen LogP contribution in [0.4, 0.5) is 0 Å². The number of rotatable bonds is 7. The van der Waals surface area contributed by atoms with Gasteiger partial charge < -0.3 is 4.57 Å². The molecule has 3 atom stereocenters. The van der Waals surface area contributed by atoms with Crippen molar-refractivity contribution in [3.05, 3.63) is 282 Å². The zero-order chi connectivity index (χ0) is 42.4. The van der Waals surface area contributed by atoms with Crippen LogP contribution in [-0.2, 0) is 10.8 Å². The summed E-state index contributed by atoms with van der Waals surface area (Å²) in [6.07, 6.45) is 0. The molecule has 2 aliphatic carbocycles. The van der Waals surface area contributed by atoms with Gasteiger partial charge in [0, 0.05) is 33.7 Å². The smallest absolute Gasteiger partial charge is 0.0713 e. The van der Waals surface area contributed by atoms with Crippen molar-refractivity contribution < 1.29 is 0 Å². The molecule has 302 valence electrons. The summed E-state index contributed by atoms with van der Waals surface area (Å²) >= 11 is 0. The van der Waals surface area contributed by atoms with Crippen molar-refractivity contribution in [2.24, 2.45) is 0 Å². The molecule has 0 amide bonds.